The Balaban J connectivity index is 1.64. The second-order valence-corrected chi connectivity index (χ2v) is 8.09. The number of nitrogens with one attached hydrogen (secondary N) is 3. The Kier molecular flexibility index (Phi) is 6.27. The summed E-state index contributed by atoms with van der Waals surface area (Å²) in [6.07, 6.45) is 8.68. The summed E-state index contributed by atoms with van der Waals surface area (Å²) in [5.41, 5.74) is 4.53. The van der Waals surface area contributed by atoms with Crippen molar-refractivity contribution in [3.8, 4) is 17.0 Å². The van der Waals surface area contributed by atoms with Gasteiger partial charge >= 0.3 is 0 Å². The van der Waals surface area contributed by atoms with Crippen LogP contribution in [0.4, 0.5) is 17.2 Å². The summed E-state index contributed by atoms with van der Waals surface area (Å²) in [4.78, 5) is 24.4. The molecule has 8 heteroatoms. The molecule has 3 N–H and O–H groups in total. The first-order chi connectivity index (χ1) is 15.1. The fraction of sp³-hybridized carbons (Fsp3) is 0.261. The minimum absolute atomic E-state index is 0.275. The fourth-order valence-corrected chi connectivity index (χ4v) is 3.93. The van der Waals surface area contributed by atoms with Crippen molar-refractivity contribution < 1.29 is 9.53 Å². The Hall–Kier alpha value is -3.26. The molecule has 160 valence electrons. The highest BCUT2D eigenvalue weighted by atomic mass is 32.2. The Morgan fingerprint density at radius 1 is 1.32 bits per heavy atom. The molecule has 0 spiro atoms. The summed E-state index contributed by atoms with van der Waals surface area (Å²) in [5, 5.41) is 6.99. The molecule has 31 heavy (non-hydrogen) atoms. The molecule has 1 aliphatic rings. The van der Waals surface area contributed by atoms with E-state index in [4.69, 9.17) is 9.72 Å². The van der Waals surface area contributed by atoms with Gasteiger partial charge in [-0.25, -0.2) is 9.97 Å². The van der Waals surface area contributed by atoms with Gasteiger partial charge in [-0.2, -0.15) is 0 Å². The van der Waals surface area contributed by atoms with E-state index < -0.39 is 0 Å². The first kappa shape index (κ1) is 21.0. The number of rotatable bonds is 8. The monoisotopic (exact) mass is 435 g/mol. The summed E-state index contributed by atoms with van der Waals surface area (Å²) in [6, 6.07) is 9.32. The summed E-state index contributed by atoms with van der Waals surface area (Å²) in [6.45, 7) is 3.48. The molecule has 0 saturated heterocycles. The second-order valence-electron chi connectivity index (χ2n) is 7.30. The van der Waals surface area contributed by atoms with Crippen molar-refractivity contribution in [2.24, 2.45) is 0 Å². The number of hydrogen-bond acceptors (Lipinski definition) is 6. The largest absolute Gasteiger partial charge is 0.495 e. The van der Waals surface area contributed by atoms with Crippen LogP contribution in [-0.4, -0.2) is 34.2 Å². The van der Waals surface area contributed by atoms with Crippen molar-refractivity contribution in [1.29, 1.82) is 0 Å². The van der Waals surface area contributed by atoms with E-state index in [0.717, 1.165) is 16.4 Å². The van der Waals surface area contributed by atoms with Gasteiger partial charge in [-0.3, -0.25) is 4.79 Å². The number of carbonyl (C=O) groups is 1. The number of carbonyl (C=O) groups excluding carboxylic acids is 1. The molecular weight excluding hydrogens is 410 g/mol. The lowest BCUT2D eigenvalue weighted by Crippen LogP contribution is -2.10. The standard InChI is InChI=1S/C23H25N5O2S/c1-4-20(29)25-16-8-9-18(30-2)17(13-16)26-19-12-15(10-11-24-19)22-21(14-6-5-7-14)27-23(28-22)31-3/h4,8-14H,1,5-7H2,2-3H3,(H,24,26)(H,25,29)(H,27,28). The number of imidazole rings is 1. The molecule has 3 aromatic rings. The molecule has 1 saturated carbocycles. The van der Waals surface area contributed by atoms with Crippen LogP contribution < -0.4 is 15.4 Å². The second kappa shape index (κ2) is 9.26. The maximum absolute atomic E-state index is 11.6. The number of H-pyrrole nitrogens is 1. The number of ether oxygens (including phenoxy) is 1. The number of nitrogens with zero attached hydrogens (tertiary/aromatic N) is 2. The zero-order valence-electron chi connectivity index (χ0n) is 17.6. The fourth-order valence-electron chi connectivity index (χ4n) is 3.53. The third kappa shape index (κ3) is 4.59. The summed E-state index contributed by atoms with van der Waals surface area (Å²) < 4.78 is 5.47. The molecule has 0 aliphatic heterocycles. The van der Waals surface area contributed by atoms with Crippen LogP contribution in [0.3, 0.4) is 0 Å². The molecule has 1 aliphatic carbocycles. The van der Waals surface area contributed by atoms with Crippen LogP contribution in [-0.2, 0) is 4.79 Å². The van der Waals surface area contributed by atoms with Crippen molar-refractivity contribution in [1.82, 2.24) is 15.0 Å². The van der Waals surface area contributed by atoms with Gasteiger partial charge in [0, 0.05) is 29.1 Å². The molecule has 0 bridgehead atoms. The molecule has 0 unspecified atom stereocenters. The Morgan fingerprint density at radius 2 is 2.16 bits per heavy atom. The average molecular weight is 436 g/mol. The number of pyridine rings is 1. The molecule has 1 amide bonds. The van der Waals surface area contributed by atoms with Gasteiger partial charge in [-0.15, -0.1) is 0 Å². The van der Waals surface area contributed by atoms with Crippen LogP contribution in [0.15, 0.2) is 54.3 Å². The number of hydrogen-bond donors (Lipinski definition) is 3. The number of methoxy groups -OCH3 is 1. The van der Waals surface area contributed by atoms with Crippen molar-refractivity contribution >= 4 is 34.9 Å². The third-order valence-electron chi connectivity index (χ3n) is 5.37. The molecule has 1 fully saturated rings. The predicted molar refractivity (Wildman–Crippen MR) is 125 cm³/mol. The first-order valence-electron chi connectivity index (χ1n) is 10.1. The average Bonchev–Trinajstić information content (AvgIpc) is 3.16. The van der Waals surface area contributed by atoms with E-state index in [0.29, 0.717) is 28.9 Å². The SMILES string of the molecule is C=CC(=O)Nc1ccc(OC)c(Nc2cc(-c3nc(SC)[nH]c3C3CCC3)ccn2)c1. The highest BCUT2D eigenvalue weighted by molar-refractivity contribution is 7.98. The lowest BCUT2D eigenvalue weighted by molar-refractivity contribution is -0.111. The van der Waals surface area contributed by atoms with E-state index in [1.54, 1.807) is 43.3 Å². The maximum Gasteiger partial charge on any atom is 0.247 e. The number of aromatic nitrogens is 3. The highest BCUT2D eigenvalue weighted by Crippen LogP contribution is 2.41. The van der Waals surface area contributed by atoms with Gasteiger partial charge in [0.1, 0.15) is 11.6 Å². The first-order valence-corrected chi connectivity index (χ1v) is 11.3. The Labute approximate surface area is 185 Å². The van der Waals surface area contributed by atoms with Gasteiger partial charge in [0.05, 0.1) is 18.5 Å². The normalized spacial score (nSPS) is 13.4. The van der Waals surface area contributed by atoms with Crippen LogP contribution >= 0.6 is 11.8 Å². The number of benzene rings is 1. The van der Waals surface area contributed by atoms with Crippen molar-refractivity contribution in [3.63, 3.8) is 0 Å². The van der Waals surface area contributed by atoms with Crippen LogP contribution in [0.1, 0.15) is 30.9 Å². The lowest BCUT2D eigenvalue weighted by atomic mass is 9.81. The molecule has 4 rings (SSSR count). The summed E-state index contributed by atoms with van der Waals surface area (Å²) in [7, 11) is 1.60. The number of aromatic amines is 1. The summed E-state index contributed by atoms with van der Waals surface area (Å²) >= 11 is 1.61. The highest BCUT2D eigenvalue weighted by Gasteiger charge is 2.26. The molecule has 0 atom stereocenters. The van der Waals surface area contributed by atoms with Crippen molar-refractivity contribution in [2.45, 2.75) is 30.3 Å². The van der Waals surface area contributed by atoms with Crippen molar-refractivity contribution in [3.05, 3.63) is 54.9 Å². The number of amides is 1. The van der Waals surface area contributed by atoms with Crippen LogP contribution in [0, 0.1) is 0 Å². The van der Waals surface area contributed by atoms with Crippen LogP contribution in [0.5, 0.6) is 5.75 Å². The van der Waals surface area contributed by atoms with Gasteiger partial charge in [-0.1, -0.05) is 24.8 Å². The minimum atomic E-state index is -0.275. The van der Waals surface area contributed by atoms with Gasteiger partial charge in [0.25, 0.3) is 0 Å². The van der Waals surface area contributed by atoms with E-state index in [1.807, 2.05) is 18.4 Å². The predicted octanol–water partition coefficient (Wildman–Crippen LogP) is 5.34. The zero-order chi connectivity index (χ0) is 21.8. The van der Waals surface area contributed by atoms with E-state index in [9.17, 15) is 4.79 Å². The Bertz CT molecular complexity index is 1110. The van der Waals surface area contributed by atoms with E-state index >= 15 is 0 Å². The Morgan fingerprint density at radius 3 is 2.84 bits per heavy atom. The lowest BCUT2D eigenvalue weighted by Gasteiger charge is -2.25. The molecule has 2 aromatic heterocycles. The zero-order valence-corrected chi connectivity index (χ0v) is 18.4. The van der Waals surface area contributed by atoms with Gasteiger partial charge in [0.15, 0.2) is 5.16 Å². The summed E-state index contributed by atoms with van der Waals surface area (Å²) in [5.74, 6) is 1.57. The topological polar surface area (TPSA) is 91.9 Å². The maximum atomic E-state index is 11.6. The van der Waals surface area contributed by atoms with Gasteiger partial charge < -0.3 is 20.4 Å². The minimum Gasteiger partial charge on any atom is -0.495 e. The van der Waals surface area contributed by atoms with Gasteiger partial charge in [0.2, 0.25) is 5.91 Å². The number of anilines is 3. The molecule has 0 radical (unpaired) electrons. The van der Waals surface area contributed by atoms with E-state index in [-0.39, 0.29) is 5.91 Å². The molecule has 1 aromatic carbocycles. The van der Waals surface area contributed by atoms with Crippen LogP contribution in [0.2, 0.25) is 0 Å². The van der Waals surface area contributed by atoms with Gasteiger partial charge in [-0.05, 0) is 55.5 Å². The van der Waals surface area contributed by atoms with Crippen LogP contribution in [0.25, 0.3) is 11.3 Å². The quantitative estimate of drug-likeness (QED) is 0.327. The smallest absolute Gasteiger partial charge is 0.247 e. The third-order valence-corrected chi connectivity index (χ3v) is 5.95. The molecular formula is C23H25N5O2S. The van der Waals surface area contributed by atoms with E-state index in [1.165, 1.54) is 31.0 Å². The van der Waals surface area contributed by atoms with Crippen molar-refractivity contribution in [2.75, 3.05) is 24.0 Å². The number of thioether (sulfide) groups is 1. The molecule has 7 nitrogen and oxygen atoms in total. The van der Waals surface area contributed by atoms with E-state index in [2.05, 4.69) is 27.2 Å². The molecule has 2 heterocycles.